The predicted molar refractivity (Wildman–Crippen MR) is 79.1 cm³/mol. The van der Waals surface area contributed by atoms with E-state index >= 15 is 0 Å². The average molecular weight is 324 g/mol. The van der Waals surface area contributed by atoms with Gasteiger partial charge in [-0.05, 0) is 37.3 Å². The fraction of sp³-hybridized carbons (Fsp3) is 0.200. The lowest BCUT2D eigenvalue weighted by molar-refractivity contribution is 0.282. The zero-order valence-electron chi connectivity index (χ0n) is 10.6. The van der Waals surface area contributed by atoms with Crippen LogP contribution in [0.15, 0.2) is 46.9 Å². The van der Waals surface area contributed by atoms with Crippen molar-refractivity contribution in [1.82, 2.24) is 0 Å². The second-order valence-electron chi connectivity index (χ2n) is 4.13. The maximum absolute atomic E-state index is 13.9. The molecule has 0 aliphatic rings. The van der Waals surface area contributed by atoms with Gasteiger partial charge in [-0.3, -0.25) is 0 Å². The van der Waals surface area contributed by atoms with Crippen molar-refractivity contribution < 1.29 is 9.50 Å². The van der Waals surface area contributed by atoms with Gasteiger partial charge in [-0.2, -0.15) is 0 Å². The van der Waals surface area contributed by atoms with E-state index in [1.165, 1.54) is 6.07 Å². The monoisotopic (exact) mass is 323 g/mol. The summed E-state index contributed by atoms with van der Waals surface area (Å²) in [4.78, 5) is 1.85. The van der Waals surface area contributed by atoms with Crippen molar-refractivity contribution in [2.75, 3.05) is 11.4 Å². The molecular weight excluding hydrogens is 309 g/mol. The number of hydrogen-bond donors (Lipinski definition) is 1. The Labute approximate surface area is 120 Å². The summed E-state index contributed by atoms with van der Waals surface area (Å²) in [5.74, 6) is -0.267. The molecule has 0 saturated carbocycles. The molecule has 2 nitrogen and oxygen atoms in total. The first-order chi connectivity index (χ1) is 9.17. The van der Waals surface area contributed by atoms with Gasteiger partial charge in [-0.1, -0.05) is 28.1 Å². The number of hydrogen-bond acceptors (Lipinski definition) is 2. The van der Waals surface area contributed by atoms with Crippen LogP contribution in [0.4, 0.5) is 15.8 Å². The summed E-state index contributed by atoms with van der Waals surface area (Å²) >= 11 is 3.38. The Balaban J connectivity index is 2.51. The number of aliphatic hydroxyl groups excluding tert-OH is 1. The summed E-state index contributed by atoms with van der Waals surface area (Å²) < 4.78 is 14.8. The second kappa shape index (κ2) is 6.17. The lowest BCUT2D eigenvalue weighted by Gasteiger charge is -2.26. The summed E-state index contributed by atoms with van der Waals surface area (Å²) in [7, 11) is 0. The van der Waals surface area contributed by atoms with Gasteiger partial charge >= 0.3 is 0 Å². The fourth-order valence-electron chi connectivity index (χ4n) is 2.09. The van der Waals surface area contributed by atoms with Gasteiger partial charge in [-0.25, -0.2) is 4.39 Å². The van der Waals surface area contributed by atoms with Gasteiger partial charge in [0.15, 0.2) is 0 Å². The maximum Gasteiger partial charge on any atom is 0.146 e. The van der Waals surface area contributed by atoms with Gasteiger partial charge in [-0.15, -0.1) is 0 Å². The standard InChI is InChI=1S/C15H15BrFNO/c1-2-18(15-6-4-3-5-13(15)17)14-8-7-12(16)9-11(14)10-19/h3-9,19H,2,10H2,1H3. The van der Waals surface area contributed by atoms with Crippen molar-refractivity contribution in [3.05, 3.63) is 58.3 Å². The zero-order chi connectivity index (χ0) is 13.8. The van der Waals surface area contributed by atoms with E-state index in [1.807, 2.05) is 30.0 Å². The topological polar surface area (TPSA) is 23.5 Å². The third kappa shape index (κ3) is 2.96. The molecule has 2 rings (SSSR count). The molecule has 2 aromatic rings. The molecule has 19 heavy (non-hydrogen) atoms. The molecule has 100 valence electrons. The van der Waals surface area contributed by atoms with E-state index in [4.69, 9.17) is 0 Å². The zero-order valence-corrected chi connectivity index (χ0v) is 12.2. The van der Waals surface area contributed by atoms with Crippen molar-refractivity contribution in [3.8, 4) is 0 Å². The van der Waals surface area contributed by atoms with E-state index in [-0.39, 0.29) is 12.4 Å². The quantitative estimate of drug-likeness (QED) is 0.909. The van der Waals surface area contributed by atoms with E-state index in [0.29, 0.717) is 12.2 Å². The predicted octanol–water partition coefficient (Wildman–Crippen LogP) is 4.24. The number of aliphatic hydroxyl groups is 1. The lowest BCUT2D eigenvalue weighted by atomic mass is 10.1. The minimum atomic E-state index is -0.267. The van der Waals surface area contributed by atoms with Gasteiger partial charge < -0.3 is 10.0 Å². The minimum absolute atomic E-state index is 0.0836. The van der Waals surface area contributed by atoms with Gasteiger partial charge in [0.1, 0.15) is 5.82 Å². The minimum Gasteiger partial charge on any atom is -0.392 e. The Hall–Kier alpha value is -1.39. The van der Waals surface area contributed by atoms with Crippen LogP contribution in [-0.4, -0.2) is 11.7 Å². The number of rotatable bonds is 4. The van der Waals surface area contributed by atoms with Gasteiger partial charge in [0.2, 0.25) is 0 Å². The van der Waals surface area contributed by atoms with E-state index in [1.54, 1.807) is 18.2 Å². The molecule has 0 saturated heterocycles. The highest BCUT2D eigenvalue weighted by Crippen LogP contribution is 2.32. The van der Waals surface area contributed by atoms with Gasteiger partial charge in [0.05, 0.1) is 12.3 Å². The Morgan fingerprint density at radius 2 is 1.89 bits per heavy atom. The summed E-state index contributed by atoms with van der Waals surface area (Å²) in [6.45, 7) is 2.49. The van der Waals surface area contributed by atoms with Crippen LogP contribution in [0.5, 0.6) is 0 Å². The average Bonchev–Trinajstić information content (AvgIpc) is 2.43. The van der Waals surface area contributed by atoms with Crippen molar-refractivity contribution in [2.24, 2.45) is 0 Å². The van der Waals surface area contributed by atoms with Crippen LogP contribution in [0.3, 0.4) is 0 Å². The van der Waals surface area contributed by atoms with Crippen molar-refractivity contribution in [3.63, 3.8) is 0 Å². The molecule has 0 fully saturated rings. The number of anilines is 2. The van der Waals surface area contributed by atoms with Crippen LogP contribution in [-0.2, 0) is 6.61 Å². The Morgan fingerprint density at radius 1 is 1.16 bits per heavy atom. The molecule has 0 unspecified atom stereocenters. The van der Waals surface area contributed by atoms with Crippen LogP contribution < -0.4 is 4.90 Å². The lowest BCUT2D eigenvalue weighted by Crippen LogP contribution is -2.19. The summed E-state index contributed by atoms with van der Waals surface area (Å²) in [5, 5.41) is 9.46. The molecule has 0 aliphatic heterocycles. The molecule has 1 N–H and O–H groups in total. The van der Waals surface area contributed by atoms with Crippen LogP contribution in [0.1, 0.15) is 12.5 Å². The molecule has 0 aliphatic carbocycles. The van der Waals surface area contributed by atoms with Gasteiger partial charge in [0.25, 0.3) is 0 Å². The molecule has 0 heterocycles. The highest BCUT2D eigenvalue weighted by Gasteiger charge is 2.14. The fourth-order valence-corrected chi connectivity index (χ4v) is 2.49. The Bertz CT molecular complexity index is 574. The van der Waals surface area contributed by atoms with E-state index < -0.39 is 0 Å². The molecule has 0 radical (unpaired) electrons. The number of benzene rings is 2. The molecule has 4 heteroatoms. The SMILES string of the molecule is CCN(c1ccccc1F)c1ccc(Br)cc1CO. The Kier molecular flexibility index (Phi) is 4.56. The third-order valence-electron chi connectivity index (χ3n) is 2.96. The molecule has 0 spiro atoms. The molecular formula is C15H15BrFNO. The molecule has 0 aromatic heterocycles. The smallest absolute Gasteiger partial charge is 0.146 e. The van der Waals surface area contributed by atoms with Crippen LogP contribution in [0.25, 0.3) is 0 Å². The normalized spacial score (nSPS) is 10.5. The summed E-state index contributed by atoms with van der Waals surface area (Å²) in [6.07, 6.45) is 0. The van der Waals surface area contributed by atoms with Crippen LogP contribution >= 0.6 is 15.9 Å². The van der Waals surface area contributed by atoms with Crippen molar-refractivity contribution in [1.29, 1.82) is 0 Å². The van der Waals surface area contributed by atoms with E-state index in [0.717, 1.165) is 15.7 Å². The highest BCUT2D eigenvalue weighted by molar-refractivity contribution is 9.10. The maximum atomic E-state index is 13.9. The molecule has 0 atom stereocenters. The third-order valence-corrected chi connectivity index (χ3v) is 3.46. The first kappa shape index (κ1) is 14.0. The van der Waals surface area contributed by atoms with Crippen molar-refractivity contribution in [2.45, 2.75) is 13.5 Å². The Morgan fingerprint density at radius 3 is 2.53 bits per heavy atom. The summed E-state index contributed by atoms with van der Waals surface area (Å²) in [5.41, 5.74) is 2.10. The molecule has 0 bridgehead atoms. The molecule has 2 aromatic carbocycles. The van der Waals surface area contributed by atoms with Crippen molar-refractivity contribution >= 4 is 27.3 Å². The van der Waals surface area contributed by atoms with Crippen LogP contribution in [0, 0.1) is 5.82 Å². The molecule has 0 amide bonds. The number of para-hydroxylation sites is 1. The summed E-state index contributed by atoms with van der Waals surface area (Å²) in [6, 6.07) is 12.3. The number of nitrogens with zero attached hydrogens (tertiary/aromatic N) is 1. The highest BCUT2D eigenvalue weighted by atomic mass is 79.9. The van der Waals surface area contributed by atoms with Crippen LogP contribution in [0.2, 0.25) is 0 Å². The first-order valence-electron chi connectivity index (χ1n) is 6.08. The number of halogens is 2. The largest absolute Gasteiger partial charge is 0.392 e. The van der Waals surface area contributed by atoms with Gasteiger partial charge in [0, 0.05) is 22.3 Å². The van der Waals surface area contributed by atoms with E-state index in [9.17, 15) is 9.50 Å². The van der Waals surface area contributed by atoms with E-state index in [2.05, 4.69) is 15.9 Å². The second-order valence-corrected chi connectivity index (χ2v) is 5.04. The first-order valence-corrected chi connectivity index (χ1v) is 6.88.